The zero-order valence-corrected chi connectivity index (χ0v) is 10.8. The van der Waals surface area contributed by atoms with Crippen molar-refractivity contribution in [1.29, 1.82) is 0 Å². The first kappa shape index (κ1) is 13.9. The molecule has 0 saturated carbocycles. The molecule has 106 valence electrons. The van der Waals surface area contributed by atoms with Gasteiger partial charge in [0.2, 0.25) is 0 Å². The second-order valence-corrected chi connectivity index (χ2v) is 4.61. The van der Waals surface area contributed by atoms with Gasteiger partial charge in [-0.25, -0.2) is 19.3 Å². The van der Waals surface area contributed by atoms with Crippen LogP contribution in [0.1, 0.15) is 12.5 Å². The number of carboxylic acid groups (broad SMARTS) is 1. The molecule has 3 amide bonds. The molecule has 7 nitrogen and oxygen atoms in total. The molecule has 0 aromatic heterocycles. The Balaban J connectivity index is 2.08. The van der Waals surface area contributed by atoms with E-state index in [1.54, 1.807) is 24.3 Å². The predicted molar refractivity (Wildman–Crippen MR) is 67.9 cm³/mol. The fourth-order valence-electron chi connectivity index (χ4n) is 1.87. The summed E-state index contributed by atoms with van der Waals surface area (Å²) in [5.41, 5.74) is -0.886. The van der Waals surface area contributed by atoms with Crippen LogP contribution in [0, 0.1) is 0 Å². The molecular formula is C13H14N2O5. The van der Waals surface area contributed by atoms with Crippen LogP contribution in [0.4, 0.5) is 9.59 Å². The lowest BCUT2D eigenvalue weighted by Crippen LogP contribution is -2.53. The van der Waals surface area contributed by atoms with E-state index in [0.29, 0.717) is 4.90 Å². The average Bonchev–Trinajstić information content (AvgIpc) is 2.74. The van der Waals surface area contributed by atoms with E-state index in [2.05, 4.69) is 5.32 Å². The van der Waals surface area contributed by atoms with Gasteiger partial charge in [0.25, 0.3) is 0 Å². The Labute approximate surface area is 115 Å². The third-order valence-corrected chi connectivity index (χ3v) is 3.13. The summed E-state index contributed by atoms with van der Waals surface area (Å²) in [7, 11) is 0. The molecule has 1 saturated heterocycles. The van der Waals surface area contributed by atoms with Gasteiger partial charge in [-0.05, 0) is 12.5 Å². The van der Waals surface area contributed by atoms with Crippen molar-refractivity contribution in [3.63, 3.8) is 0 Å². The molecule has 2 rings (SSSR count). The van der Waals surface area contributed by atoms with Crippen LogP contribution in [0.15, 0.2) is 30.3 Å². The van der Waals surface area contributed by atoms with Crippen LogP contribution in [-0.2, 0) is 16.1 Å². The van der Waals surface area contributed by atoms with Crippen molar-refractivity contribution >= 4 is 18.1 Å². The van der Waals surface area contributed by atoms with Gasteiger partial charge in [-0.1, -0.05) is 30.3 Å². The lowest BCUT2D eigenvalue weighted by Gasteiger charge is -2.26. The summed E-state index contributed by atoms with van der Waals surface area (Å²) in [4.78, 5) is 35.3. The lowest BCUT2D eigenvalue weighted by molar-refractivity contribution is -0.146. The number of benzene rings is 1. The number of nitrogens with one attached hydrogen (secondary N) is 1. The molecule has 1 fully saturated rings. The molecule has 1 aliphatic rings. The van der Waals surface area contributed by atoms with Gasteiger partial charge >= 0.3 is 18.1 Å². The number of rotatable bonds is 3. The number of carboxylic acids is 1. The van der Waals surface area contributed by atoms with Gasteiger partial charge in [-0.15, -0.1) is 0 Å². The summed E-state index contributed by atoms with van der Waals surface area (Å²) < 4.78 is 4.99. The van der Waals surface area contributed by atoms with E-state index < -0.39 is 23.6 Å². The molecule has 0 aliphatic carbocycles. The largest absolute Gasteiger partial charge is 0.479 e. The van der Waals surface area contributed by atoms with Crippen molar-refractivity contribution in [2.45, 2.75) is 19.1 Å². The minimum absolute atomic E-state index is 0.0286. The van der Waals surface area contributed by atoms with E-state index >= 15 is 0 Å². The molecule has 0 bridgehead atoms. The number of hydrogen-bond acceptors (Lipinski definition) is 4. The second-order valence-electron chi connectivity index (χ2n) is 4.61. The maximum Gasteiger partial charge on any atom is 0.419 e. The van der Waals surface area contributed by atoms with Crippen LogP contribution < -0.4 is 5.32 Å². The van der Waals surface area contributed by atoms with Gasteiger partial charge in [-0.3, -0.25) is 0 Å². The van der Waals surface area contributed by atoms with E-state index in [1.807, 2.05) is 6.07 Å². The number of aliphatic carboxylic acids is 1. The molecule has 20 heavy (non-hydrogen) atoms. The molecule has 7 heteroatoms. The molecule has 0 spiro atoms. The smallest absolute Gasteiger partial charge is 0.419 e. The molecule has 1 aliphatic heterocycles. The molecule has 1 atom stereocenters. The molecule has 0 unspecified atom stereocenters. The third kappa shape index (κ3) is 2.42. The highest BCUT2D eigenvalue weighted by Crippen LogP contribution is 2.22. The zero-order chi connectivity index (χ0) is 14.8. The molecule has 1 aromatic rings. The molecule has 1 aromatic carbocycles. The quantitative estimate of drug-likeness (QED) is 0.865. The van der Waals surface area contributed by atoms with E-state index in [4.69, 9.17) is 9.84 Å². The second kappa shape index (κ2) is 5.20. The fraction of sp³-hybridized carbons (Fsp3) is 0.308. The van der Waals surface area contributed by atoms with Gasteiger partial charge in [-0.2, -0.15) is 0 Å². The third-order valence-electron chi connectivity index (χ3n) is 3.13. The Morgan fingerprint density at radius 2 is 2.05 bits per heavy atom. The maximum absolute atomic E-state index is 11.9. The highest BCUT2D eigenvalue weighted by Gasteiger charge is 2.52. The number of carbonyl (C=O) groups excluding carboxylic acids is 2. The van der Waals surface area contributed by atoms with Crippen LogP contribution >= 0.6 is 0 Å². The van der Waals surface area contributed by atoms with Crippen LogP contribution in [0.2, 0.25) is 0 Å². The van der Waals surface area contributed by atoms with E-state index in [0.717, 1.165) is 5.56 Å². The summed E-state index contributed by atoms with van der Waals surface area (Å²) >= 11 is 0. The standard InChI is InChI=1S/C13H14N2O5/c1-13(10(16)17)8-14-11(18)15(13)12(19)20-7-9-5-3-2-4-6-9/h2-6H,7-8H2,1H3,(H,14,18)(H,16,17)/t13-/m1/s1. The van der Waals surface area contributed by atoms with Crippen LogP contribution in [0.3, 0.4) is 0 Å². The van der Waals surface area contributed by atoms with Gasteiger partial charge in [0.15, 0.2) is 5.54 Å². The van der Waals surface area contributed by atoms with E-state index in [1.165, 1.54) is 6.92 Å². The minimum Gasteiger partial charge on any atom is -0.479 e. The summed E-state index contributed by atoms with van der Waals surface area (Å²) in [6, 6.07) is 8.13. The number of carbonyl (C=O) groups is 3. The first-order valence-corrected chi connectivity index (χ1v) is 5.97. The first-order valence-electron chi connectivity index (χ1n) is 5.97. The summed E-state index contributed by atoms with van der Waals surface area (Å²) in [5, 5.41) is 11.5. The maximum atomic E-state index is 11.9. The highest BCUT2D eigenvalue weighted by atomic mass is 16.6. The monoisotopic (exact) mass is 278 g/mol. The number of ether oxygens (including phenoxy) is 1. The van der Waals surface area contributed by atoms with Crippen LogP contribution in [0.5, 0.6) is 0 Å². The molecule has 1 heterocycles. The van der Waals surface area contributed by atoms with Gasteiger partial charge in [0.05, 0.1) is 6.54 Å². The number of urea groups is 1. The molecule has 0 radical (unpaired) electrons. The van der Waals surface area contributed by atoms with Crippen molar-refractivity contribution in [1.82, 2.24) is 10.2 Å². The summed E-state index contributed by atoms with van der Waals surface area (Å²) in [6.07, 6.45) is -0.978. The number of nitrogens with zero attached hydrogens (tertiary/aromatic N) is 1. The first-order chi connectivity index (χ1) is 9.45. The topological polar surface area (TPSA) is 95.9 Å². The van der Waals surface area contributed by atoms with Crippen molar-refractivity contribution in [3.8, 4) is 0 Å². The Morgan fingerprint density at radius 1 is 1.40 bits per heavy atom. The van der Waals surface area contributed by atoms with Crippen molar-refractivity contribution in [2.75, 3.05) is 6.54 Å². The summed E-state index contributed by atoms with van der Waals surface area (Å²) in [5.74, 6) is -1.27. The van der Waals surface area contributed by atoms with Crippen molar-refractivity contribution in [3.05, 3.63) is 35.9 Å². The number of imide groups is 1. The number of amides is 3. The van der Waals surface area contributed by atoms with Crippen LogP contribution in [-0.4, -0.2) is 40.2 Å². The van der Waals surface area contributed by atoms with Crippen molar-refractivity contribution in [2.24, 2.45) is 0 Å². The Morgan fingerprint density at radius 3 is 2.65 bits per heavy atom. The van der Waals surface area contributed by atoms with Gasteiger partial charge in [0, 0.05) is 0 Å². The van der Waals surface area contributed by atoms with E-state index in [-0.39, 0.29) is 13.2 Å². The van der Waals surface area contributed by atoms with Gasteiger partial charge < -0.3 is 15.2 Å². The normalized spacial score (nSPS) is 21.4. The molecular weight excluding hydrogens is 264 g/mol. The minimum atomic E-state index is -1.63. The Kier molecular flexibility index (Phi) is 3.60. The van der Waals surface area contributed by atoms with Crippen LogP contribution in [0.25, 0.3) is 0 Å². The SMILES string of the molecule is C[C@]1(C(=O)O)CNC(=O)N1C(=O)OCc1ccccc1. The lowest BCUT2D eigenvalue weighted by atomic mass is 10.0. The zero-order valence-electron chi connectivity index (χ0n) is 10.8. The Bertz CT molecular complexity index is 545. The van der Waals surface area contributed by atoms with E-state index in [9.17, 15) is 14.4 Å². The predicted octanol–water partition coefficient (Wildman–Crippen LogP) is 1.19. The van der Waals surface area contributed by atoms with Gasteiger partial charge in [0.1, 0.15) is 6.61 Å². The molecule has 2 N–H and O–H groups in total. The summed E-state index contributed by atoms with van der Waals surface area (Å²) in [6.45, 7) is 1.11. The average molecular weight is 278 g/mol. The number of hydrogen-bond donors (Lipinski definition) is 2. The highest BCUT2D eigenvalue weighted by molar-refractivity contribution is 6.00. The Hall–Kier alpha value is -2.57. The fourth-order valence-corrected chi connectivity index (χ4v) is 1.87. The van der Waals surface area contributed by atoms with Crippen molar-refractivity contribution < 1.29 is 24.2 Å².